The van der Waals surface area contributed by atoms with Gasteiger partial charge in [0.05, 0.1) is 6.61 Å². The molecule has 0 saturated carbocycles. The molecule has 0 heterocycles. The second-order valence-corrected chi connectivity index (χ2v) is 8.28. The van der Waals surface area contributed by atoms with E-state index in [0.29, 0.717) is 5.39 Å². The van der Waals surface area contributed by atoms with Gasteiger partial charge >= 0.3 is 0 Å². The number of alkyl halides is 1. The molecule has 0 radical (unpaired) electrons. The van der Waals surface area contributed by atoms with E-state index in [4.69, 9.17) is 4.18 Å². The number of nitrogens with zero attached hydrogens (tertiary/aromatic N) is 1. The Kier molecular flexibility index (Phi) is 7.07. The van der Waals surface area contributed by atoms with Crippen LogP contribution < -0.4 is 4.90 Å². The zero-order valence-corrected chi connectivity index (χ0v) is 16.6. The normalized spacial score (nSPS) is 11.8. The average Bonchev–Trinajstić information content (AvgIpc) is 2.56. The van der Waals surface area contributed by atoms with Gasteiger partial charge in [0.2, 0.25) is 0 Å². The first-order valence-corrected chi connectivity index (χ1v) is 10.6. The van der Waals surface area contributed by atoms with Crippen molar-refractivity contribution in [3.8, 4) is 0 Å². The van der Waals surface area contributed by atoms with Gasteiger partial charge in [-0.15, -0.1) is 0 Å². The average molecular weight is 414 g/mol. The van der Waals surface area contributed by atoms with Gasteiger partial charge in [-0.05, 0) is 25.0 Å². The van der Waals surface area contributed by atoms with Crippen LogP contribution >= 0.6 is 15.9 Å². The molecule has 0 spiro atoms. The van der Waals surface area contributed by atoms with Gasteiger partial charge in [0.25, 0.3) is 10.1 Å². The summed E-state index contributed by atoms with van der Waals surface area (Å²) in [6, 6.07) is 11.0. The molecule has 0 aromatic heterocycles. The molecule has 132 valence electrons. The molecule has 0 unspecified atom stereocenters. The van der Waals surface area contributed by atoms with Crippen molar-refractivity contribution in [1.82, 2.24) is 0 Å². The third kappa shape index (κ3) is 4.71. The molecule has 0 amide bonds. The van der Waals surface area contributed by atoms with Crippen molar-refractivity contribution in [3.63, 3.8) is 0 Å². The molecule has 0 aliphatic carbocycles. The van der Waals surface area contributed by atoms with Crippen molar-refractivity contribution in [2.24, 2.45) is 0 Å². The number of unbranched alkanes of at least 4 members (excludes halogenated alkanes) is 3. The van der Waals surface area contributed by atoms with Crippen molar-refractivity contribution in [2.75, 3.05) is 30.9 Å². The number of halogens is 1. The molecule has 0 atom stereocenters. The summed E-state index contributed by atoms with van der Waals surface area (Å²) in [5.41, 5.74) is 0.985. The van der Waals surface area contributed by atoms with Crippen molar-refractivity contribution >= 4 is 42.5 Å². The number of fused-ring (bicyclic) bond motifs is 1. The lowest BCUT2D eigenvalue weighted by Gasteiger charge is -2.16. The highest BCUT2D eigenvalue weighted by atomic mass is 79.9. The quantitative estimate of drug-likeness (QED) is 0.343. The van der Waals surface area contributed by atoms with Crippen molar-refractivity contribution in [2.45, 2.75) is 30.6 Å². The standard InChI is InChI=1S/C18H24BrNO3S/c1-20(2)17-11-7-10-16-15(17)9-8-12-18(16)24(21,22)23-14-6-4-3-5-13-19/h7-12H,3-6,13-14H2,1-2H3. The second kappa shape index (κ2) is 8.83. The molecule has 0 aliphatic rings. The summed E-state index contributed by atoms with van der Waals surface area (Å²) in [7, 11) is 0.138. The Hall–Kier alpha value is -1.11. The maximum atomic E-state index is 12.6. The van der Waals surface area contributed by atoms with Crippen LogP contribution in [0.25, 0.3) is 10.8 Å². The minimum atomic E-state index is -3.75. The van der Waals surface area contributed by atoms with Crippen LogP contribution in [0.4, 0.5) is 5.69 Å². The van der Waals surface area contributed by atoms with Gasteiger partial charge in [-0.25, -0.2) is 0 Å². The van der Waals surface area contributed by atoms with Gasteiger partial charge < -0.3 is 4.90 Å². The van der Waals surface area contributed by atoms with Gasteiger partial charge in [0.15, 0.2) is 0 Å². The summed E-state index contributed by atoms with van der Waals surface area (Å²) in [5.74, 6) is 0. The summed E-state index contributed by atoms with van der Waals surface area (Å²) in [4.78, 5) is 2.22. The van der Waals surface area contributed by atoms with E-state index in [1.165, 1.54) is 0 Å². The summed E-state index contributed by atoms with van der Waals surface area (Å²) < 4.78 is 30.4. The van der Waals surface area contributed by atoms with Crippen LogP contribution in [0.3, 0.4) is 0 Å². The first-order valence-electron chi connectivity index (χ1n) is 8.12. The van der Waals surface area contributed by atoms with Crippen LogP contribution in [0.1, 0.15) is 25.7 Å². The third-order valence-electron chi connectivity index (χ3n) is 3.88. The summed E-state index contributed by atoms with van der Waals surface area (Å²) in [6.07, 6.45) is 3.90. The lowest BCUT2D eigenvalue weighted by molar-refractivity contribution is 0.307. The van der Waals surface area contributed by atoms with Gasteiger partial charge in [-0.3, -0.25) is 4.18 Å². The Balaban J connectivity index is 2.20. The predicted octanol–water partition coefficient (Wildman–Crippen LogP) is 4.57. The molecule has 2 aromatic carbocycles. The second-order valence-electron chi connectivity index (χ2n) is 5.90. The zero-order valence-electron chi connectivity index (χ0n) is 14.2. The van der Waals surface area contributed by atoms with Crippen LogP contribution in [-0.4, -0.2) is 34.5 Å². The maximum absolute atomic E-state index is 12.6. The third-order valence-corrected chi connectivity index (χ3v) is 5.81. The fourth-order valence-corrected chi connectivity index (χ4v) is 4.21. The topological polar surface area (TPSA) is 46.6 Å². The van der Waals surface area contributed by atoms with E-state index in [2.05, 4.69) is 15.9 Å². The SMILES string of the molecule is CN(C)c1cccc2c(S(=O)(=O)OCCCCCCBr)cccc12. The molecule has 0 N–H and O–H groups in total. The maximum Gasteiger partial charge on any atom is 0.297 e. The molecule has 0 fully saturated rings. The summed E-state index contributed by atoms with van der Waals surface area (Å²) in [6.45, 7) is 0.231. The lowest BCUT2D eigenvalue weighted by Crippen LogP contribution is -2.11. The van der Waals surface area contributed by atoms with E-state index in [0.717, 1.165) is 42.1 Å². The molecule has 0 bridgehead atoms. The van der Waals surface area contributed by atoms with Crippen molar-refractivity contribution < 1.29 is 12.6 Å². The van der Waals surface area contributed by atoms with E-state index in [1.54, 1.807) is 12.1 Å². The Morgan fingerprint density at radius 2 is 1.62 bits per heavy atom. The van der Waals surface area contributed by atoms with E-state index in [1.807, 2.05) is 43.3 Å². The van der Waals surface area contributed by atoms with Crippen molar-refractivity contribution in [3.05, 3.63) is 36.4 Å². The molecule has 24 heavy (non-hydrogen) atoms. The first-order chi connectivity index (χ1) is 11.5. The number of anilines is 1. The van der Waals surface area contributed by atoms with Gasteiger partial charge in [0.1, 0.15) is 4.90 Å². The Morgan fingerprint density at radius 3 is 2.33 bits per heavy atom. The number of hydrogen-bond acceptors (Lipinski definition) is 4. The van der Waals surface area contributed by atoms with Crippen LogP contribution in [0.5, 0.6) is 0 Å². The fourth-order valence-electron chi connectivity index (χ4n) is 2.65. The van der Waals surface area contributed by atoms with Gasteiger partial charge in [-0.1, -0.05) is 53.0 Å². The number of rotatable bonds is 9. The molecule has 2 rings (SSSR count). The highest BCUT2D eigenvalue weighted by Gasteiger charge is 2.19. The number of benzene rings is 2. The van der Waals surface area contributed by atoms with E-state index >= 15 is 0 Å². The van der Waals surface area contributed by atoms with Crippen LogP contribution in [0.2, 0.25) is 0 Å². The van der Waals surface area contributed by atoms with Gasteiger partial charge in [-0.2, -0.15) is 8.42 Å². The Morgan fingerprint density at radius 1 is 0.958 bits per heavy atom. The van der Waals surface area contributed by atoms with E-state index in [-0.39, 0.29) is 11.5 Å². The Bertz CT molecular complexity index is 775. The fraction of sp³-hybridized carbons (Fsp3) is 0.444. The number of hydrogen-bond donors (Lipinski definition) is 0. The van der Waals surface area contributed by atoms with Crippen LogP contribution in [0, 0.1) is 0 Å². The largest absolute Gasteiger partial charge is 0.377 e. The molecule has 2 aromatic rings. The minimum Gasteiger partial charge on any atom is -0.377 e. The summed E-state index contributed by atoms with van der Waals surface area (Å²) >= 11 is 3.39. The predicted molar refractivity (Wildman–Crippen MR) is 104 cm³/mol. The van der Waals surface area contributed by atoms with E-state index < -0.39 is 10.1 Å². The zero-order chi connectivity index (χ0) is 17.6. The summed E-state index contributed by atoms with van der Waals surface area (Å²) in [5, 5.41) is 2.59. The highest BCUT2D eigenvalue weighted by Crippen LogP contribution is 2.30. The van der Waals surface area contributed by atoms with Crippen molar-refractivity contribution in [1.29, 1.82) is 0 Å². The first kappa shape index (κ1) is 19.2. The Labute approximate surface area is 153 Å². The monoisotopic (exact) mass is 413 g/mol. The molecule has 6 heteroatoms. The van der Waals surface area contributed by atoms with Gasteiger partial charge in [0, 0.05) is 35.9 Å². The lowest BCUT2D eigenvalue weighted by atomic mass is 10.1. The molecular weight excluding hydrogens is 390 g/mol. The molecule has 4 nitrogen and oxygen atoms in total. The molecular formula is C18H24BrNO3S. The minimum absolute atomic E-state index is 0.231. The van der Waals surface area contributed by atoms with Crippen LogP contribution in [-0.2, 0) is 14.3 Å². The molecule has 0 aliphatic heterocycles. The highest BCUT2D eigenvalue weighted by molar-refractivity contribution is 9.09. The smallest absolute Gasteiger partial charge is 0.297 e. The molecule has 0 saturated heterocycles. The van der Waals surface area contributed by atoms with Crippen LogP contribution in [0.15, 0.2) is 41.3 Å². The van der Waals surface area contributed by atoms with E-state index in [9.17, 15) is 8.42 Å².